The van der Waals surface area contributed by atoms with Gasteiger partial charge in [0.15, 0.2) is 28.6 Å². The number of anilines is 4. The van der Waals surface area contributed by atoms with Crippen LogP contribution in [0.3, 0.4) is 0 Å². The minimum Gasteiger partial charge on any atom is -0.508 e. The number of aliphatic hydroxyl groups is 6. The van der Waals surface area contributed by atoms with E-state index < -0.39 is 142 Å². The van der Waals surface area contributed by atoms with Crippen LogP contribution in [0.2, 0.25) is 0 Å². The quantitative estimate of drug-likeness (QED) is 0.00756. The number of primary amides is 1. The van der Waals surface area contributed by atoms with Crippen molar-refractivity contribution in [3.63, 3.8) is 0 Å². The number of Topliss-reactive ketones (excluding diaryl/α,β-unsaturated/α-hetero) is 5. The van der Waals surface area contributed by atoms with Crippen LogP contribution in [0.1, 0.15) is 267 Å². The SMILES string of the molecule is CC(=O)C1=C(O)[C@@]2(O)C(=O)C3=C(O)c4c(O)c(NC(=O)CCCCCCCCCCC[P+](c5ccccc5)(c5ccccc5)c5cnn(C)c5)cc(N(C)C)c4C[C@H]3C[C@H]2[C@H](N(C)C)C1=O.CN(C)c1cc(NC(=O)CCCCCCCCCCC[P+](C2CCCCC2)(C2CCCCC2)C2CCCCC2)c(O)c2c1C[C@H]1C[C@H]3[C@H](N(C)C)C(=O)C(C(N)=O)=C(O)[C@@]3(O)C(=O)C1=C2O. The summed E-state index contributed by atoms with van der Waals surface area (Å²) in [5.74, 6) is -14.0. The van der Waals surface area contributed by atoms with Crippen molar-refractivity contribution in [3.8, 4) is 11.5 Å². The van der Waals surface area contributed by atoms with Gasteiger partial charge in [0.25, 0.3) is 5.91 Å². The Bertz CT molecular complexity index is 5090. The molecule has 0 unspecified atom stereocenters. The number of carbonyl (C=O) groups excluding carboxylic acids is 8. The van der Waals surface area contributed by atoms with Gasteiger partial charge in [0.1, 0.15) is 68.9 Å². The second-order valence-electron chi connectivity index (χ2n) is 40.3. The third kappa shape index (κ3) is 20.1. The summed E-state index contributed by atoms with van der Waals surface area (Å²) >= 11 is 0. The summed E-state index contributed by atoms with van der Waals surface area (Å²) in [7, 11) is 12.7. The summed E-state index contributed by atoms with van der Waals surface area (Å²) in [6.45, 7) is 1.08. The number of hydrogen-bond acceptors (Lipinski definition) is 21. The van der Waals surface area contributed by atoms with Crippen molar-refractivity contribution >= 4 is 111 Å². The van der Waals surface area contributed by atoms with E-state index in [0.29, 0.717) is 35.3 Å². The number of benzene rings is 4. The molecular formula is C105H147N9O16P2+2. The molecule has 9 aliphatic rings. The lowest BCUT2D eigenvalue weighted by Crippen LogP contribution is -2.65. The Kier molecular flexibility index (Phi) is 33.2. The molecular weight excluding hydrogens is 1710 g/mol. The van der Waals surface area contributed by atoms with Crippen LogP contribution >= 0.6 is 14.5 Å². The molecule has 1 aromatic heterocycles. The molecule has 5 aromatic rings. The summed E-state index contributed by atoms with van der Waals surface area (Å²) in [6.07, 6.45) is 50.2. The van der Waals surface area contributed by atoms with E-state index in [0.717, 1.165) is 94.3 Å². The fourth-order valence-corrected chi connectivity index (χ4v) is 36.8. The first-order valence-electron chi connectivity index (χ1n) is 49.3. The highest BCUT2D eigenvalue weighted by Crippen LogP contribution is 2.78. The van der Waals surface area contributed by atoms with Gasteiger partial charge in [-0.1, -0.05) is 133 Å². The highest BCUT2D eigenvalue weighted by molar-refractivity contribution is 7.95. The van der Waals surface area contributed by atoms with Gasteiger partial charge in [-0.15, -0.1) is 0 Å². The maximum atomic E-state index is 14.4. The topological polar surface area (TPSA) is 379 Å². The minimum atomic E-state index is -2.72. The van der Waals surface area contributed by atoms with E-state index in [9.17, 15) is 79.2 Å². The van der Waals surface area contributed by atoms with Crippen LogP contribution < -0.4 is 42.1 Å². The summed E-state index contributed by atoms with van der Waals surface area (Å²) < 4.78 is 1.91. The molecule has 5 fully saturated rings. The molecule has 132 heavy (non-hydrogen) atoms. The van der Waals surface area contributed by atoms with Crippen molar-refractivity contribution < 1.29 is 79.2 Å². The fourth-order valence-electron chi connectivity index (χ4n) is 24.8. The van der Waals surface area contributed by atoms with Gasteiger partial charge in [-0.2, -0.15) is 5.10 Å². The molecule has 12 N–H and O–H groups in total. The summed E-state index contributed by atoms with van der Waals surface area (Å²) in [6, 6.07) is 22.9. The van der Waals surface area contributed by atoms with E-state index in [1.807, 2.05) is 11.7 Å². The number of aliphatic hydroxyl groups excluding tert-OH is 4. The smallest absolute Gasteiger partial charge is 0.255 e. The molecule has 0 aliphatic heterocycles. The third-order valence-corrected chi connectivity index (χ3v) is 42.3. The van der Waals surface area contributed by atoms with Gasteiger partial charge in [-0.3, -0.25) is 52.8 Å². The molecule has 5 saturated carbocycles. The van der Waals surface area contributed by atoms with E-state index >= 15 is 0 Å². The molecule has 0 bridgehead atoms. The number of likely N-dealkylation sites (N-methyl/N-ethyl adjacent to an activating group) is 2. The van der Waals surface area contributed by atoms with E-state index in [-0.39, 0.29) is 84.0 Å². The van der Waals surface area contributed by atoms with Crippen LogP contribution in [-0.4, -0.2) is 216 Å². The Labute approximate surface area is 781 Å². The number of nitrogens with zero attached hydrogens (tertiary/aromatic N) is 6. The Hall–Kier alpha value is -9.09. The van der Waals surface area contributed by atoms with Gasteiger partial charge < -0.3 is 67.0 Å². The highest BCUT2D eigenvalue weighted by Gasteiger charge is 2.67. The molecule has 1 heterocycles. The number of ketones is 5. The molecule has 8 atom stereocenters. The second kappa shape index (κ2) is 43.7. The van der Waals surface area contributed by atoms with E-state index in [4.69, 9.17) is 5.73 Å². The van der Waals surface area contributed by atoms with E-state index in [2.05, 4.69) is 88.8 Å². The molecule has 3 amide bonds. The molecule has 0 spiro atoms. The van der Waals surface area contributed by atoms with Gasteiger partial charge in [-0.25, -0.2) is 0 Å². The zero-order valence-corrected chi connectivity index (χ0v) is 81.6. The number of phenolic OH excluding ortho intramolecular Hbond substituents is 2. The Morgan fingerprint density at radius 3 is 1.17 bits per heavy atom. The minimum absolute atomic E-state index is 0.000504. The Morgan fingerprint density at radius 2 is 0.826 bits per heavy atom. The normalized spacial score (nSPS) is 23.2. The number of fused-ring (bicyclic) bond motifs is 6. The van der Waals surface area contributed by atoms with Crippen LogP contribution in [0.15, 0.2) is 119 Å². The molecule has 25 nitrogen and oxygen atoms in total. The standard InChI is InChI=1S/C53H81N4O8P.C52H64N5O8P/c1-56(2)41-33-40(47(59)44-38(41)31-34-32-39-46(57(3)4)49(61)45(52(54)64)51(63)53(39,65)50(62)43(34)48(44)60)55-42(58)29-21-10-8-6-5-7-9-11-22-30-66(35-23-15-12-16-24-35,36-25-17-13-18-26-36)37-27-19-14-20-28-37;1-33(58)43-49(62)46(56(4)5)39-29-34-28-38-41(55(2)3)30-40(47(60)45(38)48(61)44(34)51(64)52(39,65)50(43)63)54-42(59)26-20-12-10-8-7-9-11-13-21-27-66(35-22-16-14-17-23-35,36-24-18-15-19-25-36)37-31-53-57(6)32-37/h33-37,39,46,65H,5-32H2,1-4H3,(H5-,54,55,58,59,60,61,62,63,64);14-19,22-25,30-32,34,39,46,65H,7-13,20-21,26-29H2,1-6H3,(H3-,54,58,59,60,61,62,63,64)/p+2/t34-,39-,46-,53-;34-,39-,46-,52+/m00/s1. The van der Waals surface area contributed by atoms with E-state index in [1.54, 1.807) is 84.5 Å². The fraction of sp³-hybridized carbons (Fsp3) is 0.590. The number of hydrogen-bond donors (Lipinski definition) is 11. The van der Waals surface area contributed by atoms with Crippen molar-refractivity contribution in [1.29, 1.82) is 0 Å². The molecule has 0 radical (unpaired) electrons. The number of rotatable bonds is 38. The number of aromatic hydroxyl groups is 2. The molecule has 9 aliphatic carbocycles. The molecule has 716 valence electrons. The highest BCUT2D eigenvalue weighted by atomic mass is 31.2. The number of unbranched alkanes of at least 4 members (excludes halogenated alkanes) is 16. The van der Waals surface area contributed by atoms with Crippen LogP contribution in [0.5, 0.6) is 11.5 Å². The average Bonchev–Trinajstić information content (AvgIpc) is 0.825. The zero-order valence-electron chi connectivity index (χ0n) is 79.8. The molecule has 27 heteroatoms. The van der Waals surface area contributed by atoms with Crippen LogP contribution in [-0.2, 0) is 58.2 Å². The second-order valence-corrected chi connectivity index (χ2v) is 48.6. The number of amides is 3. The first kappa shape index (κ1) is 100. The lowest BCUT2D eigenvalue weighted by Gasteiger charge is -2.50. The van der Waals surface area contributed by atoms with Gasteiger partial charge in [0, 0.05) is 89.7 Å². The number of aryl methyl sites for hydroxylation is 1. The van der Waals surface area contributed by atoms with Gasteiger partial charge >= 0.3 is 0 Å². The number of nitrogens with one attached hydrogen (secondary N) is 2. The molecule has 0 saturated heterocycles. The van der Waals surface area contributed by atoms with Crippen molar-refractivity contribution in [2.24, 2.45) is 36.5 Å². The number of aromatic nitrogens is 2. The predicted molar refractivity (Wildman–Crippen MR) is 527 cm³/mol. The molecule has 4 aromatic carbocycles. The van der Waals surface area contributed by atoms with Crippen molar-refractivity contribution in [1.82, 2.24) is 19.6 Å². The van der Waals surface area contributed by atoms with Gasteiger partial charge in [-0.05, 0) is 236 Å². The number of phenols is 2. The summed E-state index contributed by atoms with van der Waals surface area (Å²) in [4.78, 5) is 114. The largest absolute Gasteiger partial charge is 0.508 e. The Balaban J connectivity index is 0.000000224. The number of carbonyl (C=O) groups is 8. The summed E-state index contributed by atoms with van der Waals surface area (Å²) in [5, 5.41) is 108. The monoisotopic (exact) mass is 1850 g/mol. The zero-order chi connectivity index (χ0) is 94.8. The predicted octanol–water partition coefficient (Wildman–Crippen LogP) is 16.6. The lowest BCUT2D eigenvalue weighted by molar-refractivity contribution is -0.155. The maximum absolute atomic E-state index is 14.4. The molecule has 14 rings (SSSR count). The van der Waals surface area contributed by atoms with Crippen LogP contribution in [0.4, 0.5) is 22.7 Å². The average molecular weight is 1850 g/mol. The lowest BCUT2D eigenvalue weighted by atomic mass is 9.57. The van der Waals surface area contributed by atoms with Crippen molar-refractivity contribution in [2.45, 2.75) is 298 Å². The van der Waals surface area contributed by atoms with Crippen molar-refractivity contribution in [3.05, 3.63) is 141 Å². The Morgan fingerprint density at radius 1 is 0.477 bits per heavy atom. The number of nitrogens with two attached hydrogens (primary N) is 1. The van der Waals surface area contributed by atoms with Gasteiger partial charge in [0.05, 0.1) is 76.3 Å². The van der Waals surface area contributed by atoms with Crippen molar-refractivity contribution in [2.75, 3.05) is 89.1 Å². The maximum Gasteiger partial charge on any atom is 0.255 e. The van der Waals surface area contributed by atoms with E-state index in [1.165, 1.54) is 161 Å². The van der Waals surface area contributed by atoms with Crippen LogP contribution in [0, 0.1) is 23.7 Å². The first-order valence-corrected chi connectivity index (χ1v) is 53.4. The summed E-state index contributed by atoms with van der Waals surface area (Å²) in [5.41, 5.74) is 3.71. The first-order chi connectivity index (χ1) is 63.2. The third-order valence-electron chi connectivity index (χ3n) is 31.1. The van der Waals surface area contributed by atoms with Crippen LogP contribution in [0.25, 0.3) is 11.5 Å². The van der Waals surface area contributed by atoms with Gasteiger partial charge in [0.2, 0.25) is 23.4 Å².